The summed E-state index contributed by atoms with van der Waals surface area (Å²) in [6.45, 7) is 20.9. The average molecular weight is 384 g/mol. The lowest BCUT2D eigenvalue weighted by atomic mass is 9.67. The molecule has 1 saturated carbocycles. The van der Waals surface area contributed by atoms with E-state index >= 15 is 0 Å². The zero-order chi connectivity index (χ0) is 20.1. The summed E-state index contributed by atoms with van der Waals surface area (Å²) in [6, 6.07) is 0. The minimum absolute atomic E-state index is 0.167. The van der Waals surface area contributed by atoms with Gasteiger partial charge in [-0.05, 0) is 60.8 Å². The van der Waals surface area contributed by atoms with Gasteiger partial charge in [0, 0.05) is 40.0 Å². The molecule has 1 fully saturated rings. The minimum atomic E-state index is -0.203. The Morgan fingerprint density at radius 3 is 1.85 bits per heavy atom. The van der Waals surface area contributed by atoms with Crippen LogP contribution in [0, 0.1) is 10.8 Å². The van der Waals surface area contributed by atoms with Crippen molar-refractivity contribution in [1.82, 2.24) is 5.32 Å². The van der Waals surface area contributed by atoms with Crippen LogP contribution in [-0.2, 0) is 0 Å². The highest BCUT2D eigenvalue weighted by Crippen LogP contribution is 2.70. The Morgan fingerprint density at radius 1 is 0.889 bits per heavy atom. The molecule has 0 amide bonds. The van der Waals surface area contributed by atoms with Gasteiger partial charge in [-0.1, -0.05) is 50.1 Å². The second-order valence-corrected chi connectivity index (χ2v) is 8.49. The maximum Gasteiger partial charge on any atom is 0.0370 e. The number of nitrogens with two attached hydrogens (primary N) is 2. The van der Waals surface area contributed by atoms with E-state index in [2.05, 4.69) is 38.2 Å². The number of likely N-dealkylation sites (N-methyl/N-ethyl adjacent to an activating group) is 1. The first kappa shape index (κ1) is 19.6. The highest BCUT2D eigenvalue weighted by Gasteiger charge is 2.59. The summed E-state index contributed by atoms with van der Waals surface area (Å²) in [5, 5.41) is 3.81. The predicted molar refractivity (Wildman–Crippen MR) is 116 cm³/mol. The third-order valence-corrected chi connectivity index (χ3v) is 7.17. The highest BCUT2D eigenvalue weighted by molar-refractivity contribution is 6.31. The first-order valence-corrected chi connectivity index (χ1v) is 9.78. The summed E-state index contributed by atoms with van der Waals surface area (Å²) in [4.78, 5) is 0. The lowest BCUT2D eigenvalue weighted by molar-refractivity contribution is 0.424. The molecule has 3 nitrogen and oxygen atoms in total. The van der Waals surface area contributed by atoms with Gasteiger partial charge < -0.3 is 16.8 Å². The van der Waals surface area contributed by atoms with E-state index in [1.165, 1.54) is 5.57 Å². The van der Waals surface area contributed by atoms with Crippen molar-refractivity contribution in [3.8, 4) is 0 Å². The molecule has 2 spiro atoms. The van der Waals surface area contributed by atoms with Crippen LogP contribution in [0.3, 0.4) is 0 Å². The average Bonchev–Trinajstić information content (AvgIpc) is 3.26. The molecule has 0 radical (unpaired) electrons. The van der Waals surface area contributed by atoms with E-state index in [0.717, 1.165) is 66.5 Å². The van der Waals surface area contributed by atoms with Gasteiger partial charge in [0.1, 0.15) is 0 Å². The lowest BCUT2D eigenvalue weighted by Gasteiger charge is -2.37. The Balaban J connectivity index is 2.17. The van der Waals surface area contributed by atoms with Crippen molar-refractivity contribution in [3.05, 3.63) is 82.9 Å². The Bertz CT molecular complexity index is 857. The molecule has 5 N–H and O–H groups in total. The molecule has 2 atom stereocenters. The number of halogens is 1. The number of nitrogens with one attached hydrogen (secondary N) is 1. The smallest absolute Gasteiger partial charge is 0.0370 e. The fourth-order valence-electron chi connectivity index (χ4n) is 5.73. The van der Waals surface area contributed by atoms with Crippen molar-refractivity contribution in [2.45, 2.75) is 38.5 Å². The van der Waals surface area contributed by atoms with Crippen molar-refractivity contribution in [2.75, 3.05) is 7.05 Å². The molecule has 0 heterocycles. The Labute approximate surface area is 167 Å². The first-order chi connectivity index (χ1) is 12.6. The molecule has 4 heteroatoms. The van der Waals surface area contributed by atoms with Gasteiger partial charge in [-0.25, -0.2) is 0 Å². The van der Waals surface area contributed by atoms with Gasteiger partial charge in [0.05, 0.1) is 0 Å². The van der Waals surface area contributed by atoms with Crippen LogP contribution in [0.4, 0.5) is 0 Å². The molecule has 0 saturated heterocycles. The number of hydrogen-bond donors (Lipinski definition) is 3. The zero-order valence-corrected chi connectivity index (χ0v) is 17.1. The maximum absolute atomic E-state index is 6.36. The van der Waals surface area contributed by atoms with Crippen LogP contribution in [0.15, 0.2) is 82.9 Å². The van der Waals surface area contributed by atoms with Gasteiger partial charge in [-0.15, -0.1) is 0 Å². The second-order valence-electron chi connectivity index (χ2n) is 8.03. The molecule has 0 aromatic rings. The van der Waals surface area contributed by atoms with Crippen molar-refractivity contribution in [1.29, 1.82) is 0 Å². The van der Waals surface area contributed by atoms with E-state index < -0.39 is 0 Å². The van der Waals surface area contributed by atoms with Crippen LogP contribution < -0.4 is 16.8 Å². The van der Waals surface area contributed by atoms with Gasteiger partial charge in [-0.3, -0.25) is 0 Å². The molecule has 2 unspecified atom stereocenters. The van der Waals surface area contributed by atoms with E-state index in [1.807, 2.05) is 7.05 Å². The Kier molecular flexibility index (Phi) is 4.72. The van der Waals surface area contributed by atoms with Gasteiger partial charge in [0.2, 0.25) is 0 Å². The molecule has 0 aliphatic heterocycles. The third-order valence-electron chi connectivity index (χ3n) is 6.94. The second kappa shape index (κ2) is 6.49. The van der Waals surface area contributed by atoms with Gasteiger partial charge in [0.15, 0.2) is 0 Å². The van der Waals surface area contributed by atoms with E-state index in [-0.39, 0.29) is 10.8 Å². The summed E-state index contributed by atoms with van der Waals surface area (Å²) < 4.78 is 0. The molecular formula is C23H30ClN3. The molecule has 27 heavy (non-hydrogen) atoms. The van der Waals surface area contributed by atoms with Crippen molar-refractivity contribution in [2.24, 2.45) is 22.3 Å². The molecule has 3 rings (SSSR count). The topological polar surface area (TPSA) is 64.1 Å². The molecule has 3 aliphatic rings. The van der Waals surface area contributed by atoms with E-state index in [1.54, 1.807) is 0 Å². The normalized spacial score (nSPS) is 29.9. The Hall–Kier alpha value is -2.13. The fourth-order valence-corrected chi connectivity index (χ4v) is 5.92. The highest BCUT2D eigenvalue weighted by atomic mass is 35.5. The van der Waals surface area contributed by atoms with Crippen LogP contribution in [-0.4, -0.2) is 7.05 Å². The quantitative estimate of drug-likeness (QED) is 0.590. The van der Waals surface area contributed by atoms with Crippen LogP contribution in [0.2, 0.25) is 0 Å². The van der Waals surface area contributed by atoms with Crippen molar-refractivity contribution in [3.63, 3.8) is 0 Å². The Morgan fingerprint density at radius 2 is 1.41 bits per heavy atom. The SMILES string of the molecule is C=C(N)C1=C(C(=C)N)C2(CC1)CCC1(CCC(C(=C)Cl)=C1C(=C)NC)C2=C. The van der Waals surface area contributed by atoms with Crippen LogP contribution >= 0.6 is 11.6 Å². The van der Waals surface area contributed by atoms with E-state index in [9.17, 15) is 0 Å². The van der Waals surface area contributed by atoms with Gasteiger partial charge in [-0.2, -0.15) is 0 Å². The summed E-state index contributed by atoms with van der Waals surface area (Å²) in [5.74, 6) is 0. The van der Waals surface area contributed by atoms with Gasteiger partial charge in [0.25, 0.3) is 0 Å². The molecule has 0 aromatic carbocycles. The minimum Gasteiger partial charge on any atom is -0.399 e. The van der Waals surface area contributed by atoms with Crippen LogP contribution in [0.5, 0.6) is 0 Å². The number of rotatable bonds is 5. The lowest BCUT2D eigenvalue weighted by Crippen LogP contribution is -2.29. The molecule has 0 aromatic heterocycles. The van der Waals surface area contributed by atoms with Crippen LogP contribution in [0.25, 0.3) is 0 Å². The molecular weight excluding hydrogens is 354 g/mol. The standard InChI is InChI=1S/C23H30ClN3/c1-13(24)18-7-9-23(21(18)16(4)27-6)12-11-22(17(23)5)10-8-19(14(2)25)20(22)15(3)26/h27H,1-5,7-12,25-26H2,6H3. The fraction of sp³-hybridized carbons (Fsp3) is 0.391. The van der Waals surface area contributed by atoms with E-state index in [0.29, 0.717) is 16.4 Å². The number of allylic oxidation sites excluding steroid dienone is 6. The summed E-state index contributed by atoms with van der Waals surface area (Å²) in [7, 11) is 1.89. The summed E-state index contributed by atoms with van der Waals surface area (Å²) >= 11 is 6.36. The van der Waals surface area contributed by atoms with Crippen molar-refractivity contribution < 1.29 is 0 Å². The molecule has 0 bridgehead atoms. The van der Waals surface area contributed by atoms with Gasteiger partial charge >= 0.3 is 0 Å². The predicted octanol–water partition coefficient (Wildman–Crippen LogP) is 4.92. The largest absolute Gasteiger partial charge is 0.399 e. The maximum atomic E-state index is 6.36. The van der Waals surface area contributed by atoms with Crippen LogP contribution in [0.1, 0.15) is 38.5 Å². The number of hydrogen-bond acceptors (Lipinski definition) is 3. The van der Waals surface area contributed by atoms with E-state index in [4.69, 9.17) is 23.1 Å². The monoisotopic (exact) mass is 383 g/mol. The van der Waals surface area contributed by atoms with Crippen molar-refractivity contribution >= 4 is 11.6 Å². The molecule has 3 aliphatic carbocycles. The summed E-state index contributed by atoms with van der Waals surface area (Å²) in [5.41, 5.74) is 19.5. The third kappa shape index (κ3) is 2.55. The first-order valence-electron chi connectivity index (χ1n) is 9.41. The summed E-state index contributed by atoms with van der Waals surface area (Å²) in [6.07, 6.45) is 5.60. The molecule has 144 valence electrons. The zero-order valence-electron chi connectivity index (χ0n) is 16.3.